The topological polar surface area (TPSA) is 113 Å². The van der Waals surface area contributed by atoms with Crippen molar-refractivity contribution in [3.8, 4) is 16.9 Å². The number of nitrogens with zero attached hydrogens (tertiary/aromatic N) is 1. The Morgan fingerprint density at radius 2 is 1.77 bits per heavy atom. The molecule has 0 aliphatic carbocycles. The van der Waals surface area contributed by atoms with Crippen LogP contribution in [0.15, 0.2) is 54.6 Å². The molecule has 2 amide bonds. The number of aromatic nitrogens is 1. The molecular weight excluding hydrogens is 529 g/mol. The van der Waals surface area contributed by atoms with Gasteiger partial charge in [0.25, 0.3) is 11.8 Å². The highest BCUT2D eigenvalue weighted by Crippen LogP contribution is 2.34. The van der Waals surface area contributed by atoms with Crippen molar-refractivity contribution in [2.45, 2.75) is 12.6 Å². The largest absolute Gasteiger partial charge is 0.497 e. The minimum absolute atomic E-state index is 0.0621. The molecule has 9 nitrogen and oxygen atoms in total. The molecule has 3 N–H and O–H groups in total. The Morgan fingerprint density at radius 1 is 0.950 bits per heavy atom. The Hall–Kier alpha value is -4.58. The molecule has 0 bridgehead atoms. The van der Waals surface area contributed by atoms with Gasteiger partial charge in [0.05, 0.1) is 18.2 Å². The number of nitrogens with one attached hydrogen (secondary N) is 3. The van der Waals surface area contributed by atoms with E-state index in [2.05, 4.69) is 15.1 Å². The second kappa shape index (κ2) is 10.9. The van der Waals surface area contributed by atoms with Gasteiger partial charge < -0.3 is 24.8 Å². The van der Waals surface area contributed by atoms with Crippen molar-refractivity contribution in [1.82, 2.24) is 20.7 Å². The summed E-state index contributed by atoms with van der Waals surface area (Å²) in [6, 6.07) is 15.5. The summed E-state index contributed by atoms with van der Waals surface area (Å²) in [5.74, 6) is -3.18. The third kappa shape index (κ3) is 5.43. The third-order valence-electron chi connectivity index (χ3n) is 6.70. The summed E-state index contributed by atoms with van der Waals surface area (Å²) in [5, 5.41) is 4.53. The molecule has 0 radical (unpaired) electrons. The number of ether oxygens (including phenoxy) is 1. The van der Waals surface area contributed by atoms with Crippen LogP contribution in [-0.2, 0) is 9.63 Å². The molecule has 12 heteroatoms. The molecule has 0 atom stereocenters. The van der Waals surface area contributed by atoms with Crippen molar-refractivity contribution < 1.29 is 37.1 Å². The Kier molecular flexibility index (Phi) is 7.35. The third-order valence-corrected chi connectivity index (χ3v) is 6.70. The lowest BCUT2D eigenvalue weighted by atomic mass is 9.98. The maximum atomic E-state index is 13.2. The smallest absolute Gasteiger partial charge is 0.493 e. The number of H-pyrrole nitrogens is 1. The van der Waals surface area contributed by atoms with Crippen molar-refractivity contribution >= 4 is 39.6 Å². The van der Waals surface area contributed by atoms with Crippen LogP contribution < -0.4 is 15.5 Å². The number of carbonyl (C=O) groups is 3. The lowest BCUT2D eigenvalue weighted by Crippen LogP contribution is -2.34. The quantitative estimate of drug-likeness (QED) is 0.327. The summed E-state index contributed by atoms with van der Waals surface area (Å²) in [4.78, 5) is 46.3. The van der Waals surface area contributed by atoms with Gasteiger partial charge in [-0.2, -0.15) is 18.7 Å². The normalized spacial score (nSPS) is 14.2. The van der Waals surface area contributed by atoms with Crippen molar-refractivity contribution in [2.75, 3.05) is 33.3 Å². The lowest BCUT2D eigenvalue weighted by molar-refractivity contribution is -0.204. The van der Waals surface area contributed by atoms with Gasteiger partial charge in [0.1, 0.15) is 5.75 Å². The van der Waals surface area contributed by atoms with E-state index in [-0.39, 0.29) is 11.5 Å². The van der Waals surface area contributed by atoms with Gasteiger partial charge in [0.15, 0.2) is 0 Å². The number of carbonyl (C=O) groups excluding carboxylic acids is 3. The number of hydrogen-bond acceptors (Lipinski definition) is 6. The van der Waals surface area contributed by atoms with Gasteiger partial charge in [-0.25, -0.2) is 4.79 Å². The molecule has 0 spiro atoms. The number of methoxy groups -OCH3 is 1. The summed E-state index contributed by atoms with van der Waals surface area (Å²) >= 11 is 0. The number of amides is 2. The highest BCUT2D eigenvalue weighted by molar-refractivity contribution is 6.17. The molecule has 1 aliphatic heterocycles. The number of rotatable bonds is 4. The van der Waals surface area contributed by atoms with Crippen LogP contribution >= 0.6 is 0 Å². The summed E-state index contributed by atoms with van der Waals surface area (Å²) in [6.07, 6.45) is -4.44. The van der Waals surface area contributed by atoms with Gasteiger partial charge in [0, 0.05) is 41.5 Å². The van der Waals surface area contributed by atoms with E-state index in [1.54, 1.807) is 52.8 Å². The van der Waals surface area contributed by atoms with Gasteiger partial charge >= 0.3 is 12.1 Å². The highest BCUT2D eigenvalue weighted by atomic mass is 19.4. The fourth-order valence-corrected chi connectivity index (χ4v) is 4.72. The zero-order valence-electron chi connectivity index (χ0n) is 21.4. The van der Waals surface area contributed by atoms with Crippen molar-refractivity contribution in [1.29, 1.82) is 0 Å². The summed E-state index contributed by atoms with van der Waals surface area (Å²) in [5.41, 5.74) is 4.09. The number of alkyl halides is 3. The fraction of sp³-hybridized carbons (Fsp3) is 0.250. The Labute approximate surface area is 226 Å². The molecular formula is C28H25F3N4O5. The molecule has 40 heavy (non-hydrogen) atoms. The van der Waals surface area contributed by atoms with Crippen LogP contribution in [0.25, 0.3) is 32.9 Å². The van der Waals surface area contributed by atoms with Crippen LogP contribution in [0.2, 0.25) is 0 Å². The first-order valence-corrected chi connectivity index (χ1v) is 12.5. The molecule has 0 saturated carbocycles. The van der Waals surface area contributed by atoms with E-state index in [1.165, 1.54) is 13.2 Å². The second-order valence-electron chi connectivity index (χ2n) is 9.28. The molecule has 0 unspecified atom stereocenters. The van der Waals surface area contributed by atoms with Crippen LogP contribution in [0.1, 0.15) is 27.1 Å². The predicted octanol–water partition coefficient (Wildman–Crippen LogP) is 4.18. The first kappa shape index (κ1) is 27.0. The zero-order valence-corrected chi connectivity index (χ0v) is 21.4. The average molecular weight is 555 g/mol. The van der Waals surface area contributed by atoms with E-state index in [9.17, 15) is 27.6 Å². The van der Waals surface area contributed by atoms with E-state index in [0.717, 1.165) is 13.0 Å². The first-order chi connectivity index (χ1) is 19.2. The summed E-state index contributed by atoms with van der Waals surface area (Å²) in [6.45, 7) is 2.74. The SMILES string of the molecule is COc1cccc(-c2cc(C(=O)NOC(=O)C(F)(F)F)c3[nH]c4cc(C(=O)N5CCCNCC5)ccc4c3c2)c1. The summed E-state index contributed by atoms with van der Waals surface area (Å²) in [7, 11) is 1.51. The predicted molar refractivity (Wildman–Crippen MR) is 141 cm³/mol. The molecule has 208 valence electrons. The van der Waals surface area contributed by atoms with Crippen molar-refractivity contribution in [2.24, 2.45) is 0 Å². The minimum atomic E-state index is -5.28. The maximum absolute atomic E-state index is 13.2. The van der Waals surface area contributed by atoms with Crippen molar-refractivity contribution in [3.63, 3.8) is 0 Å². The van der Waals surface area contributed by atoms with E-state index in [4.69, 9.17) is 4.74 Å². The number of benzene rings is 3. The van der Waals surface area contributed by atoms with Gasteiger partial charge in [0.2, 0.25) is 0 Å². The molecule has 2 heterocycles. The first-order valence-electron chi connectivity index (χ1n) is 12.5. The monoisotopic (exact) mass is 554 g/mol. The van der Waals surface area contributed by atoms with E-state index in [0.29, 0.717) is 63.9 Å². The molecule has 1 aliphatic rings. The van der Waals surface area contributed by atoms with Crippen LogP contribution in [0.5, 0.6) is 5.75 Å². The Bertz CT molecular complexity index is 1610. The standard InChI is InChI=1S/C28H25F3N4O5/c1-39-19-5-2-4-16(12-19)18-13-21-20-7-6-17(26(37)35-10-3-8-32-9-11-35)15-23(20)33-24(21)22(14-18)25(36)34-40-27(38)28(29,30)31/h2,4-7,12-15,32-33H,3,8-11H2,1H3,(H,34,36). The van der Waals surface area contributed by atoms with Gasteiger partial charge in [-0.3, -0.25) is 9.59 Å². The highest BCUT2D eigenvalue weighted by Gasteiger charge is 2.42. The van der Waals surface area contributed by atoms with Gasteiger partial charge in [-0.15, -0.1) is 0 Å². The van der Waals surface area contributed by atoms with E-state index in [1.807, 2.05) is 6.07 Å². The average Bonchev–Trinajstić information content (AvgIpc) is 3.11. The van der Waals surface area contributed by atoms with Crippen LogP contribution in [-0.4, -0.2) is 67.1 Å². The number of halogens is 3. The van der Waals surface area contributed by atoms with Crippen LogP contribution in [0.4, 0.5) is 13.2 Å². The van der Waals surface area contributed by atoms with Gasteiger partial charge in [-0.1, -0.05) is 18.2 Å². The Morgan fingerprint density at radius 3 is 2.55 bits per heavy atom. The zero-order chi connectivity index (χ0) is 28.4. The second-order valence-corrected chi connectivity index (χ2v) is 9.28. The van der Waals surface area contributed by atoms with Crippen molar-refractivity contribution in [3.05, 3.63) is 65.7 Å². The molecule has 1 saturated heterocycles. The summed E-state index contributed by atoms with van der Waals surface area (Å²) < 4.78 is 43.2. The molecule has 5 rings (SSSR count). The van der Waals surface area contributed by atoms with E-state index < -0.39 is 18.1 Å². The fourth-order valence-electron chi connectivity index (χ4n) is 4.72. The number of hydroxylamine groups is 1. The number of aromatic amines is 1. The number of fused-ring (bicyclic) bond motifs is 3. The number of hydrogen-bond donors (Lipinski definition) is 3. The molecule has 3 aromatic carbocycles. The van der Waals surface area contributed by atoms with E-state index >= 15 is 0 Å². The van der Waals surface area contributed by atoms with Gasteiger partial charge in [-0.05, 0) is 60.5 Å². The maximum Gasteiger partial charge on any atom is 0.493 e. The molecule has 1 fully saturated rings. The molecule has 4 aromatic rings. The lowest BCUT2D eigenvalue weighted by Gasteiger charge is -2.19. The minimum Gasteiger partial charge on any atom is -0.497 e. The van der Waals surface area contributed by atoms with Crippen LogP contribution in [0.3, 0.4) is 0 Å². The van der Waals surface area contributed by atoms with Crippen LogP contribution in [0, 0.1) is 0 Å². The molecule has 1 aromatic heterocycles. The Balaban J connectivity index is 1.59.